The van der Waals surface area contributed by atoms with Gasteiger partial charge < -0.3 is 5.32 Å². The zero-order valence-electron chi connectivity index (χ0n) is 11.7. The molecule has 20 heavy (non-hydrogen) atoms. The van der Waals surface area contributed by atoms with Crippen LogP contribution in [0.4, 0.5) is 11.4 Å². The second kappa shape index (κ2) is 5.91. The fourth-order valence-electron chi connectivity index (χ4n) is 2.80. The second-order valence-corrected chi connectivity index (χ2v) is 5.83. The maximum atomic E-state index is 11.0. The summed E-state index contributed by atoms with van der Waals surface area (Å²) in [5.74, 6) is 0. The minimum atomic E-state index is -0.410. The number of hydrogen-bond acceptors (Lipinski definition) is 4. The number of benzene rings is 1. The predicted molar refractivity (Wildman–Crippen MR) is 77.5 cm³/mol. The standard InChI is InChI=1S/C15H19N3O2/c1-15(7-3-2-4-8-15)11-17-13-9-12(10-16)5-6-14(13)18(19)20/h5-6,9,17H,2-4,7-8,11H2,1H3. The van der Waals surface area contributed by atoms with E-state index >= 15 is 0 Å². The van der Waals surface area contributed by atoms with Crippen LogP contribution in [0, 0.1) is 26.9 Å². The Kier molecular flexibility index (Phi) is 4.23. The average Bonchev–Trinajstić information content (AvgIpc) is 2.45. The lowest BCUT2D eigenvalue weighted by atomic mass is 9.75. The van der Waals surface area contributed by atoms with Crippen molar-refractivity contribution in [3.05, 3.63) is 33.9 Å². The number of anilines is 1. The third-order valence-corrected chi connectivity index (χ3v) is 4.09. The van der Waals surface area contributed by atoms with Crippen molar-refractivity contribution >= 4 is 11.4 Å². The summed E-state index contributed by atoms with van der Waals surface area (Å²) in [5, 5.41) is 23.1. The third kappa shape index (κ3) is 3.27. The Morgan fingerprint density at radius 1 is 1.40 bits per heavy atom. The van der Waals surface area contributed by atoms with E-state index in [0.29, 0.717) is 17.8 Å². The first-order valence-electron chi connectivity index (χ1n) is 6.96. The number of nitrogens with one attached hydrogen (secondary N) is 1. The van der Waals surface area contributed by atoms with Crippen molar-refractivity contribution in [3.63, 3.8) is 0 Å². The molecule has 1 fully saturated rings. The Balaban J connectivity index is 2.15. The van der Waals surface area contributed by atoms with E-state index in [0.717, 1.165) is 12.8 Å². The Bertz CT molecular complexity index is 543. The normalized spacial score (nSPS) is 17.2. The summed E-state index contributed by atoms with van der Waals surface area (Å²) in [5.41, 5.74) is 1.10. The molecule has 5 nitrogen and oxygen atoms in total. The van der Waals surface area contributed by atoms with Gasteiger partial charge in [-0.3, -0.25) is 10.1 Å². The molecule has 0 unspecified atom stereocenters. The van der Waals surface area contributed by atoms with Crippen LogP contribution >= 0.6 is 0 Å². The summed E-state index contributed by atoms with van der Waals surface area (Å²) in [6, 6.07) is 6.45. The Morgan fingerprint density at radius 3 is 2.70 bits per heavy atom. The van der Waals surface area contributed by atoms with Crippen molar-refractivity contribution in [1.29, 1.82) is 5.26 Å². The van der Waals surface area contributed by atoms with Crippen molar-refractivity contribution < 1.29 is 4.92 Å². The van der Waals surface area contributed by atoms with Crippen molar-refractivity contribution in [3.8, 4) is 6.07 Å². The molecule has 0 spiro atoms. The zero-order valence-corrected chi connectivity index (χ0v) is 11.7. The van der Waals surface area contributed by atoms with Gasteiger partial charge in [-0.1, -0.05) is 26.2 Å². The highest BCUT2D eigenvalue weighted by molar-refractivity contribution is 5.64. The number of nitro benzene ring substituents is 1. The Hall–Kier alpha value is -2.09. The molecular weight excluding hydrogens is 254 g/mol. The smallest absolute Gasteiger partial charge is 0.292 e. The summed E-state index contributed by atoms with van der Waals surface area (Å²) < 4.78 is 0. The van der Waals surface area contributed by atoms with Crippen LogP contribution in [0.1, 0.15) is 44.6 Å². The molecule has 5 heteroatoms. The molecular formula is C15H19N3O2. The van der Waals surface area contributed by atoms with Crippen molar-refractivity contribution in [2.45, 2.75) is 39.0 Å². The van der Waals surface area contributed by atoms with Crippen LogP contribution in [0.25, 0.3) is 0 Å². The van der Waals surface area contributed by atoms with Gasteiger partial charge >= 0.3 is 0 Å². The maximum absolute atomic E-state index is 11.0. The molecule has 1 aromatic carbocycles. The molecule has 1 aliphatic rings. The van der Waals surface area contributed by atoms with Gasteiger partial charge in [-0.15, -0.1) is 0 Å². The quantitative estimate of drug-likeness (QED) is 0.667. The highest BCUT2D eigenvalue weighted by Crippen LogP contribution is 2.36. The molecule has 0 aromatic heterocycles. The summed E-state index contributed by atoms with van der Waals surface area (Å²) in [6.07, 6.45) is 6.01. The molecule has 0 heterocycles. The summed E-state index contributed by atoms with van der Waals surface area (Å²) in [7, 11) is 0. The van der Waals surface area contributed by atoms with Gasteiger partial charge in [0.05, 0.1) is 16.6 Å². The number of nitriles is 1. The van der Waals surface area contributed by atoms with E-state index in [9.17, 15) is 10.1 Å². The minimum Gasteiger partial charge on any atom is -0.379 e. The van der Waals surface area contributed by atoms with Crippen LogP contribution in [-0.4, -0.2) is 11.5 Å². The van der Waals surface area contributed by atoms with Crippen LogP contribution in [0.3, 0.4) is 0 Å². The predicted octanol–water partition coefficient (Wildman–Crippen LogP) is 3.85. The van der Waals surface area contributed by atoms with E-state index < -0.39 is 4.92 Å². The van der Waals surface area contributed by atoms with Crippen LogP contribution in [0.5, 0.6) is 0 Å². The molecule has 1 N–H and O–H groups in total. The maximum Gasteiger partial charge on any atom is 0.292 e. The van der Waals surface area contributed by atoms with Crippen molar-refractivity contribution in [2.24, 2.45) is 5.41 Å². The van der Waals surface area contributed by atoms with E-state index in [4.69, 9.17) is 5.26 Å². The molecule has 0 amide bonds. The third-order valence-electron chi connectivity index (χ3n) is 4.09. The number of nitrogens with zero attached hydrogens (tertiary/aromatic N) is 2. The molecule has 106 valence electrons. The number of nitro groups is 1. The van der Waals surface area contributed by atoms with Gasteiger partial charge in [0.1, 0.15) is 5.69 Å². The van der Waals surface area contributed by atoms with Crippen LogP contribution in [0.2, 0.25) is 0 Å². The SMILES string of the molecule is CC1(CNc2cc(C#N)ccc2[N+](=O)[O-])CCCCC1. The number of hydrogen-bond donors (Lipinski definition) is 1. The lowest BCUT2D eigenvalue weighted by Gasteiger charge is -2.33. The van der Waals surface area contributed by atoms with Crippen LogP contribution < -0.4 is 5.32 Å². The van der Waals surface area contributed by atoms with Gasteiger partial charge in [-0.2, -0.15) is 5.26 Å². The average molecular weight is 273 g/mol. The second-order valence-electron chi connectivity index (χ2n) is 5.83. The lowest BCUT2D eigenvalue weighted by Crippen LogP contribution is -2.29. The molecule has 1 aliphatic carbocycles. The highest BCUT2D eigenvalue weighted by Gasteiger charge is 2.27. The lowest BCUT2D eigenvalue weighted by molar-refractivity contribution is -0.384. The fourth-order valence-corrected chi connectivity index (χ4v) is 2.80. The van der Waals surface area contributed by atoms with Crippen LogP contribution in [0.15, 0.2) is 18.2 Å². The van der Waals surface area contributed by atoms with Gasteiger partial charge in [0, 0.05) is 12.6 Å². The van der Waals surface area contributed by atoms with Gasteiger partial charge in [0.2, 0.25) is 0 Å². The highest BCUT2D eigenvalue weighted by atomic mass is 16.6. The first-order valence-corrected chi connectivity index (χ1v) is 6.96. The molecule has 2 rings (SSSR count). The van der Waals surface area contributed by atoms with E-state index in [1.165, 1.54) is 31.4 Å². The van der Waals surface area contributed by atoms with Crippen molar-refractivity contribution in [1.82, 2.24) is 0 Å². The minimum absolute atomic E-state index is 0.0309. The summed E-state index contributed by atoms with van der Waals surface area (Å²) in [4.78, 5) is 10.6. The molecule has 1 aromatic rings. The van der Waals surface area contributed by atoms with E-state index in [-0.39, 0.29) is 11.1 Å². The first kappa shape index (κ1) is 14.3. The van der Waals surface area contributed by atoms with Gasteiger partial charge in [0.15, 0.2) is 0 Å². The molecule has 0 saturated heterocycles. The Labute approximate surface area is 118 Å². The Morgan fingerprint density at radius 2 is 2.10 bits per heavy atom. The van der Waals surface area contributed by atoms with E-state index in [1.54, 1.807) is 6.07 Å². The molecule has 0 aliphatic heterocycles. The molecule has 0 atom stereocenters. The molecule has 1 saturated carbocycles. The zero-order chi connectivity index (χ0) is 14.6. The largest absolute Gasteiger partial charge is 0.379 e. The topological polar surface area (TPSA) is 79.0 Å². The molecule has 0 radical (unpaired) electrons. The summed E-state index contributed by atoms with van der Waals surface area (Å²) >= 11 is 0. The fraction of sp³-hybridized carbons (Fsp3) is 0.533. The van der Waals surface area contributed by atoms with Gasteiger partial charge in [-0.05, 0) is 30.4 Å². The summed E-state index contributed by atoms with van der Waals surface area (Å²) in [6.45, 7) is 2.93. The number of rotatable bonds is 4. The van der Waals surface area contributed by atoms with E-state index in [1.807, 2.05) is 6.07 Å². The van der Waals surface area contributed by atoms with Crippen LogP contribution in [-0.2, 0) is 0 Å². The van der Waals surface area contributed by atoms with E-state index in [2.05, 4.69) is 12.2 Å². The molecule has 0 bridgehead atoms. The van der Waals surface area contributed by atoms with Gasteiger partial charge in [0.25, 0.3) is 5.69 Å². The monoisotopic (exact) mass is 273 g/mol. The van der Waals surface area contributed by atoms with Crippen molar-refractivity contribution in [2.75, 3.05) is 11.9 Å². The first-order chi connectivity index (χ1) is 9.54. The van der Waals surface area contributed by atoms with Gasteiger partial charge in [-0.25, -0.2) is 0 Å².